The van der Waals surface area contributed by atoms with Gasteiger partial charge in [-0.15, -0.1) is 0 Å². The minimum atomic E-state index is -0.972. The van der Waals surface area contributed by atoms with Crippen LogP contribution in [0.2, 0.25) is 0 Å². The number of rotatable bonds is 7. The van der Waals surface area contributed by atoms with Crippen molar-refractivity contribution in [3.63, 3.8) is 0 Å². The van der Waals surface area contributed by atoms with Crippen molar-refractivity contribution in [1.82, 2.24) is 12.7 Å². The van der Waals surface area contributed by atoms with Crippen molar-refractivity contribution in [2.24, 2.45) is 0 Å². The molecule has 0 spiro atoms. The van der Waals surface area contributed by atoms with Crippen LogP contribution >= 0.6 is 15.9 Å². The second-order valence-electron chi connectivity index (χ2n) is 7.92. The number of alkyl halides is 1. The van der Waals surface area contributed by atoms with E-state index in [-0.39, 0.29) is 44.4 Å². The van der Waals surface area contributed by atoms with Crippen LogP contribution in [0.25, 0.3) is 28.4 Å². The molecule has 0 fully saturated rings. The molecule has 184 valence electrons. The normalized spacial score (nSPS) is 12.2. The van der Waals surface area contributed by atoms with Gasteiger partial charge in [0.1, 0.15) is 6.10 Å². The Bertz CT molecular complexity index is 1600. The summed E-state index contributed by atoms with van der Waals surface area (Å²) in [4.78, 5) is 9.33. The first-order valence-electron chi connectivity index (χ1n) is 10.8. The summed E-state index contributed by atoms with van der Waals surface area (Å²) in [6.07, 6.45) is 3.98. The molecule has 0 aliphatic rings. The molecule has 5 aromatic rings. The fraction of sp³-hybridized carbons (Fsp3) is 0.0741. The Morgan fingerprint density at radius 2 is 2.00 bits per heavy atom. The van der Waals surface area contributed by atoms with Crippen molar-refractivity contribution in [3.05, 3.63) is 106 Å². The standard InChI is InChI=1S/C27H20BrF2IN3O2/c1-3-18-19-9-10-34(31-2)24(19)13-22(30)26(18)36-17-7-8-21(29)20(12-17)27-32-14-23(33-27)25(35)15-5-4-6-16(28)11-15/h3-14,25,35H,1H2,2H3,(H,32,33)/q-1. The van der Waals surface area contributed by atoms with Crippen molar-refractivity contribution in [2.75, 3.05) is 4.93 Å². The molecule has 1 atom stereocenters. The van der Waals surface area contributed by atoms with Crippen molar-refractivity contribution in [2.45, 2.75) is 6.10 Å². The number of hydrogen-bond acceptors (Lipinski definition) is 3. The molecule has 2 N–H and O–H groups in total. The van der Waals surface area contributed by atoms with Crippen molar-refractivity contribution in [3.8, 4) is 22.9 Å². The van der Waals surface area contributed by atoms with Gasteiger partial charge < -0.3 is 5.11 Å². The van der Waals surface area contributed by atoms with Crippen LogP contribution in [0.3, 0.4) is 0 Å². The fourth-order valence-corrected chi connectivity index (χ4v) is 5.83. The molecule has 2 heterocycles. The number of H-pyrrole nitrogens is 1. The van der Waals surface area contributed by atoms with Crippen LogP contribution in [-0.2, 0) is 0 Å². The second-order valence-corrected chi connectivity index (χ2v) is 10.8. The van der Waals surface area contributed by atoms with Gasteiger partial charge in [0, 0.05) is 4.47 Å². The van der Waals surface area contributed by atoms with Gasteiger partial charge in [0.15, 0.2) is 0 Å². The van der Waals surface area contributed by atoms with Crippen LogP contribution in [0, 0.1) is 11.6 Å². The van der Waals surface area contributed by atoms with E-state index in [0.717, 1.165) is 15.4 Å². The SMILES string of the molecule is C=Cc1c(Oc2ccc(F)c(-c3ncc(C(O)c4cccc(Br)c4)[nH]3)c2)c(F)cc2c1ccn2[I-]C. The number of imidazole rings is 1. The predicted molar refractivity (Wildman–Crippen MR) is 136 cm³/mol. The number of nitrogens with zero attached hydrogens (tertiary/aromatic N) is 2. The second kappa shape index (κ2) is 10.2. The van der Waals surface area contributed by atoms with Crippen LogP contribution in [0.1, 0.15) is 22.9 Å². The van der Waals surface area contributed by atoms with Crippen LogP contribution in [0.4, 0.5) is 8.78 Å². The van der Waals surface area contributed by atoms with Crippen LogP contribution < -0.4 is 26.2 Å². The van der Waals surface area contributed by atoms with Gasteiger partial charge in [0.05, 0.1) is 0 Å². The predicted octanol–water partition coefficient (Wildman–Crippen LogP) is 4.07. The number of aliphatic hydroxyl groups excluding tert-OH is 1. The van der Waals surface area contributed by atoms with Crippen LogP contribution in [-0.4, -0.2) is 22.8 Å². The Kier molecular flexibility index (Phi) is 6.96. The molecule has 0 saturated heterocycles. The van der Waals surface area contributed by atoms with E-state index >= 15 is 4.39 Å². The Hall–Kier alpha value is -3.02. The van der Waals surface area contributed by atoms with Crippen LogP contribution in [0.5, 0.6) is 11.5 Å². The molecule has 5 rings (SSSR count). The molecule has 2 aromatic heterocycles. The zero-order valence-corrected chi connectivity index (χ0v) is 22.7. The van der Waals surface area contributed by atoms with Gasteiger partial charge in [-0.1, -0.05) is 28.1 Å². The Morgan fingerprint density at radius 3 is 2.75 bits per heavy atom. The van der Waals surface area contributed by atoms with E-state index in [1.54, 1.807) is 18.2 Å². The summed E-state index contributed by atoms with van der Waals surface area (Å²) in [5.74, 6) is -0.596. The molecule has 3 aromatic carbocycles. The summed E-state index contributed by atoms with van der Waals surface area (Å²) in [7, 11) is 0. The van der Waals surface area contributed by atoms with Crippen molar-refractivity contribution >= 4 is 32.9 Å². The molecule has 5 nitrogen and oxygen atoms in total. The maximum atomic E-state index is 15.1. The van der Waals surface area contributed by atoms with E-state index in [1.165, 1.54) is 30.5 Å². The van der Waals surface area contributed by atoms with E-state index in [9.17, 15) is 9.50 Å². The van der Waals surface area contributed by atoms with Crippen molar-refractivity contribution in [1.29, 1.82) is 0 Å². The van der Waals surface area contributed by atoms with E-state index in [4.69, 9.17) is 4.74 Å². The number of hydrogen-bond donors (Lipinski definition) is 2. The monoisotopic (exact) mass is 662 g/mol. The summed E-state index contributed by atoms with van der Waals surface area (Å²) in [6, 6.07) is 14.7. The summed E-state index contributed by atoms with van der Waals surface area (Å²) in [6.45, 7) is 3.84. The third-order valence-electron chi connectivity index (χ3n) is 5.75. The molecule has 0 amide bonds. The zero-order chi connectivity index (χ0) is 25.4. The fourth-order valence-electron chi connectivity index (χ4n) is 4.01. The van der Waals surface area contributed by atoms with Crippen molar-refractivity contribution < 1.29 is 40.1 Å². The molecule has 0 radical (unpaired) electrons. The summed E-state index contributed by atoms with van der Waals surface area (Å²) in [5, 5.41) is 11.6. The molecular formula is C27H20BrF2IN3O2-. The van der Waals surface area contributed by atoms with E-state index in [2.05, 4.69) is 37.4 Å². The van der Waals surface area contributed by atoms with E-state index in [1.807, 2.05) is 27.2 Å². The van der Waals surface area contributed by atoms with E-state index < -0.39 is 17.7 Å². The average Bonchev–Trinajstić information content (AvgIpc) is 3.52. The molecule has 0 bridgehead atoms. The van der Waals surface area contributed by atoms with Gasteiger partial charge in [0.2, 0.25) is 0 Å². The molecule has 36 heavy (non-hydrogen) atoms. The Labute approximate surface area is 225 Å². The first kappa shape index (κ1) is 24.7. The van der Waals surface area contributed by atoms with Gasteiger partial charge in [-0.25, -0.2) is 0 Å². The molecule has 9 heteroatoms. The third-order valence-corrected chi connectivity index (χ3v) is 8.12. The quantitative estimate of drug-likeness (QED) is 0.204. The maximum absolute atomic E-state index is 15.1. The number of benzene rings is 3. The average molecular weight is 663 g/mol. The van der Waals surface area contributed by atoms with Gasteiger partial charge >= 0.3 is 165 Å². The van der Waals surface area contributed by atoms with E-state index in [0.29, 0.717) is 16.8 Å². The third kappa shape index (κ3) is 4.58. The van der Waals surface area contributed by atoms with Gasteiger partial charge in [-0.05, 0) is 17.7 Å². The summed E-state index contributed by atoms with van der Waals surface area (Å²) in [5.41, 5.74) is 2.51. The number of nitrogens with one attached hydrogen (secondary N) is 1. The molecular weight excluding hydrogens is 643 g/mol. The number of aliphatic hydroxyl groups is 1. The number of aromatic amines is 1. The zero-order valence-electron chi connectivity index (χ0n) is 19.0. The number of fused-ring (bicyclic) bond motifs is 1. The Morgan fingerprint density at radius 1 is 1.17 bits per heavy atom. The first-order valence-corrected chi connectivity index (χ1v) is 14.7. The van der Waals surface area contributed by atoms with Crippen LogP contribution in [0.15, 0.2) is 78.0 Å². The number of ether oxygens (including phenoxy) is 1. The molecule has 0 saturated carbocycles. The topological polar surface area (TPSA) is 63.1 Å². The first-order chi connectivity index (χ1) is 17.4. The Balaban J connectivity index is 1.49. The summed E-state index contributed by atoms with van der Waals surface area (Å²) >= 11 is 3.09. The number of aromatic nitrogens is 3. The van der Waals surface area contributed by atoms with Gasteiger partial charge in [0.25, 0.3) is 0 Å². The minimum absolute atomic E-state index is 0.0207. The van der Waals surface area contributed by atoms with Gasteiger partial charge in [-0.3, -0.25) is 0 Å². The summed E-state index contributed by atoms with van der Waals surface area (Å²) < 4.78 is 38.7. The molecule has 0 aliphatic carbocycles. The molecule has 0 aliphatic heterocycles. The van der Waals surface area contributed by atoms with Gasteiger partial charge in [-0.2, -0.15) is 0 Å². The molecule has 1 unspecified atom stereocenters. The number of halogens is 4.